The van der Waals surface area contributed by atoms with E-state index in [0.29, 0.717) is 5.78 Å². The largest absolute Gasteiger partial charge is 0.301 e. The highest BCUT2D eigenvalue weighted by molar-refractivity contribution is 5.88. The monoisotopic (exact) mass is 225 g/mol. The van der Waals surface area contributed by atoms with E-state index in [4.69, 9.17) is 0 Å². The van der Waals surface area contributed by atoms with Crippen molar-refractivity contribution in [1.29, 1.82) is 0 Å². The average molecular weight is 225 g/mol. The molecule has 0 aliphatic heterocycles. The second-order valence-electron chi connectivity index (χ2n) is 6.53. The van der Waals surface area contributed by atoms with Crippen molar-refractivity contribution >= 4 is 5.78 Å². The summed E-state index contributed by atoms with van der Waals surface area (Å²) in [5, 5.41) is 0. The summed E-state index contributed by atoms with van der Waals surface area (Å²) in [5.74, 6) is 0.720. The third kappa shape index (κ3) is 2.65. The Hall–Kier alpha value is -0.370. The van der Waals surface area contributed by atoms with Gasteiger partial charge in [0.05, 0.1) is 0 Å². The molecule has 2 nitrogen and oxygen atoms in total. The van der Waals surface area contributed by atoms with Gasteiger partial charge >= 0.3 is 0 Å². The van der Waals surface area contributed by atoms with Crippen LogP contribution in [0.15, 0.2) is 0 Å². The number of carbonyl (C=O) groups excluding carboxylic acids is 1. The van der Waals surface area contributed by atoms with Crippen molar-refractivity contribution in [3.05, 3.63) is 0 Å². The minimum absolute atomic E-state index is 0.0815. The van der Waals surface area contributed by atoms with Gasteiger partial charge in [-0.3, -0.25) is 4.79 Å². The van der Waals surface area contributed by atoms with Crippen LogP contribution >= 0.6 is 0 Å². The molecule has 1 fully saturated rings. The fourth-order valence-corrected chi connectivity index (χ4v) is 2.36. The van der Waals surface area contributed by atoms with Gasteiger partial charge in [-0.2, -0.15) is 0 Å². The maximum absolute atomic E-state index is 12.2. The highest BCUT2D eigenvalue weighted by Crippen LogP contribution is 2.38. The van der Waals surface area contributed by atoms with E-state index in [1.54, 1.807) is 0 Å². The first kappa shape index (κ1) is 13.7. The Balaban J connectivity index is 2.60. The Labute approximate surface area is 100 Å². The number of rotatable bonds is 4. The van der Waals surface area contributed by atoms with E-state index in [2.05, 4.69) is 46.6 Å². The summed E-state index contributed by atoms with van der Waals surface area (Å²) in [6.45, 7) is 11.8. The first-order valence-electron chi connectivity index (χ1n) is 6.46. The van der Waals surface area contributed by atoms with Gasteiger partial charge in [-0.15, -0.1) is 0 Å². The molecule has 1 aliphatic carbocycles. The molecular weight excluding hydrogens is 198 g/mol. The van der Waals surface area contributed by atoms with Crippen LogP contribution in [0.1, 0.15) is 53.9 Å². The lowest BCUT2D eigenvalue weighted by Crippen LogP contribution is -2.44. The molecule has 94 valence electrons. The van der Waals surface area contributed by atoms with Gasteiger partial charge in [-0.25, -0.2) is 0 Å². The van der Waals surface area contributed by atoms with Gasteiger partial charge in [0.15, 0.2) is 0 Å². The minimum Gasteiger partial charge on any atom is -0.301 e. The molecule has 0 aromatic heterocycles. The van der Waals surface area contributed by atoms with Crippen molar-refractivity contribution in [2.75, 3.05) is 13.6 Å². The number of Topliss-reactive ketones (excluding diaryl/α,β-unsaturated/α-hetero) is 1. The molecule has 0 N–H and O–H groups in total. The number of carbonyl (C=O) groups is 1. The molecule has 0 radical (unpaired) electrons. The summed E-state index contributed by atoms with van der Waals surface area (Å²) in [5.41, 5.74) is 0.120. The Morgan fingerprint density at radius 3 is 2.38 bits per heavy atom. The first-order chi connectivity index (χ1) is 7.20. The third-order valence-corrected chi connectivity index (χ3v) is 4.55. The summed E-state index contributed by atoms with van der Waals surface area (Å²) in [6.07, 6.45) is 3.24. The van der Waals surface area contributed by atoms with Gasteiger partial charge in [0.2, 0.25) is 0 Å². The van der Waals surface area contributed by atoms with E-state index in [-0.39, 0.29) is 16.9 Å². The summed E-state index contributed by atoms with van der Waals surface area (Å²) >= 11 is 0. The molecule has 0 spiro atoms. The molecule has 0 bridgehead atoms. The predicted molar refractivity (Wildman–Crippen MR) is 68.5 cm³/mol. The molecule has 1 saturated carbocycles. The molecule has 1 atom stereocenters. The van der Waals surface area contributed by atoms with E-state index in [0.717, 1.165) is 25.8 Å². The predicted octanol–water partition coefficient (Wildman–Crippen LogP) is 3.11. The summed E-state index contributed by atoms with van der Waals surface area (Å²) in [7, 11) is 2.14. The molecule has 0 aromatic rings. The number of ketones is 1. The molecule has 1 unspecified atom stereocenters. The minimum atomic E-state index is -0.0815. The molecule has 1 aliphatic rings. The van der Waals surface area contributed by atoms with Crippen molar-refractivity contribution < 1.29 is 4.79 Å². The van der Waals surface area contributed by atoms with Crippen LogP contribution in [0.5, 0.6) is 0 Å². The lowest BCUT2D eigenvalue weighted by Gasteiger charge is -2.36. The van der Waals surface area contributed by atoms with E-state index in [9.17, 15) is 4.79 Å². The molecule has 0 heterocycles. The summed E-state index contributed by atoms with van der Waals surface area (Å²) in [6, 6.07) is 0. The number of hydrogen-bond acceptors (Lipinski definition) is 2. The maximum Gasteiger partial charge on any atom is 0.142 e. The lowest BCUT2D eigenvalue weighted by atomic mass is 9.88. The van der Waals surface area contributed by atoms with Crippen molar-refractivity contribution in [2.45, 2.75) is 59.4 Å². The van der Waals surface area contributed by atoms with Gasteiger partial charge in [0, 0.05) is 23.4 Å². The molecule has 0 aromatic carbocycles. The van der Waals surface area contributed by atoms with Crippen LogP contribution in [-0.4, -0.2) is 29.8 Å². The molecule has 16 heavy (non-hydrogen) atoms. The molecule has 1 rings (SSSR count). The van der Waals surface area contributed by atoms with Gasteiger partial charge in [0.1, 0.15) is 5.78 Å². The van der Waals surface area contributed by atoms with Crippen LogP contribution < -0.4 is 0 Å². The molecular formula is C14H27NO. The third-order valence-electron chi connectivity index (χ3n) is 4.55. The van der Waals surface area contributed by atoms with Crippen LogP contribution in [0.2, 0.25) is 0 Å². The molecule has 0 saturated heterocycles. The van der Waals surface area contributed by atoms with Gasteiger partial charge in [0.25, 0.3) is 0 Å². The van der Waals surface area contributed by atoms with Gasteiger partial charge in [-0.05, 0) is 40.2 Å². The highest BCUT2D eigenvalue weighted by atomic mass is 16.1. The summed E-state index contributed by atoms with van der Waals surface area (Å²) in [4.78, 5) is 14.5. The van der Waals surface area contributed by atoms with Gasteiger partial charge < -0.3 is 4.90 Å². The van der Waals surface area contributed by atoms with Crippen LogP contribution in [0.3, 0.4) is 0 Å². The zero-order valence-electron chi connectivity index (χ0n) is 11.8. The van der Waals surface area contributed by atoms with Crippen molar-refractivity contribution in [3.63, 3.8) is 0 Å². The standard InChI is InChI=1S/C14H27NO/c1-7-14(4,5)15(6)10-11-8-9-13(2,3)12(11)16/h11H,7-10H2,1-6H3. The van der Waals surface area contributed by atoms with Crippen LogP contribution in [-0.2, 0) is 4.79 Å². The smallest absolute Gasteiger partial charge is 0.142 e. The van der Waals surface area contributed by atoms with Crippen molar-refractivity contribution in [3.8, 4) is 0 Å². The second-order valence-corrected chi connectivity index (χ2v) is 6.53. The first-order valence-corrected chi connectivity index (χ1v) is 6.46. The highest BCUT2D eigenvalue weighted by Gasteiger charge is 2.41. The van der Waals surface area contributed by atoms with E-state index < -0.39 is 0 Å². The Kier molecular flexibility index (Phi) is 3.83. The fourth-order valence-electron chi connectivity index (χ4n) is 2.36. The Morgan fingerprint density at radius 1 is 1.44 bits per heavy atom. The number of hydrogen-bond donors (Lipinski definition) is 0. The second kappa shape index (κ2) is 4.48. The Bertz CT molecular complexity index is 268. The van der Waals surface area contributed by atoms with Gasteiger partial charge in [-0.1, -0.05) is 20.8 Å². The lowest BCUT2D eigenvalue weighted by molar-refractivity contribution is -0.128. The van der Waals surface area contributed by atoms with Crippen molar-refractivity contribution in [2.24, 2.45) is 11.3 Å². The maximum atomic E-state index is 12.2. The van der Waals surface area contributed by atoms with Crippen LogP contribution in [0.4, 0.5) is 0 Å². The Morgan fingerprint density at radius 2 is 2.00 bits per heavy atom. The average Bonchev–Trinajstić information content (AvgIpc) is 2.45. The topological polar surface area (TPSA) is 20.3 Å². The van der Waals surface area contributed by atoms with E-state index in [1.807, 2.05) is 0 Å². The van der Waals surface area contributed by atoms with Crippen molar-refractivity contribution in [1.82, 2.24) is 4.90 Å². The summed E-state index contributed by atoms with van der Waals surface area (Å²) < 4.78 is 0. The van der Waals surface area contributed by atoms with E-state index >= 15 is 0 Å². The SMILES string of the molecule is CCC(C)(C)N(C)CC1CCC(C)(C)C1=O. The van der Waals surface area contributed by atoms with Crippen LogP contribution in [0, 0.1) is 11.3 Å². The quantitative estimate of drug-likeness (QED) is 0.732. The zero-order chi connectivity index (χ0) is 12.6. The normalized spacial score (nSPS) is 25.4. The number of nitrogens with zero attached hydrogens (tertiary/aromatic N) is 1. The molecule has 2 heteroatoms. The molecule has 0 amide bonds. The fraction of sp³-hybridized carbons (Fsp3) is 0.929. The zero-order valence-corrected chi connectivity index (χ0v) is 11.8. The van der Waals surface area contributed by atoms with Crippen LogP contribution in [0.25, 0.3) is 0 Å². The van der Waals surface area contributed by atoms with E-state index in [1.165, 1.54) is 0 Å².